The molecule has 1 aliphatic heterocycles. The van der Waals surface area contributed by atoms with Gasteiger partial charge in [0.25, 0.3) is 0 Å². The smallest absolute Gasteiger partial charge is 0.334 e. The summed E-state index contributed by atoms with van der Waals surface area (Å²) in [6, 6.07) is 0. The molecule has 18 heavy (non-hydrogen) atoms. The monoisotopic (exact) mass is 248 g/mol. The molecule has 3 atom stereocenters. The number of allylic oxidation sites excluding steroid dienone is 2. The van der Waals surface area contributed by atoms with Crippen molar-refractivity contribution < 1.29 is 14.3 Å². The normalized spacial score (nSPS) is 36.7. The number of hydrogen-bond donors (Lipinski definition) is 0. The number of hydrogen-bond acceptors (Lipinski definition) is 3. The predicted octanol–water partition coefficient (Wildman–Crippen LogP) is 2.81. The second kappa shape index (κ2) is 5.09. The second-order valence-corrected chi connectivity index (χ2v) is 5.47. The van der Waals surface area contributed by atoms with Crippen molar-refractivity contribution in [2.24, 2.45) is 11.8 Å². The number of ketones is 1. The molecule has 3 heteroatoms. The Labute approximate surface area is 108 Å². The molecule has 1 saturated heterocycles. The van der Waals surface area contributed by atoms with Crippen molar-refractivity contribution in [2.75, 3.05) is 0 Å². The Morgan fingerprint density at radius 3 is 2.83 bits per heavy atom. The molecule has 98 valence electrons. The van der Waals surface area contributed by atoms with Crippen LogP contribution in [0.2, 0.25) is 0 Å². The molecule has 1 fully saturated rings. The Bertz CT molecular complexity index is 419. The maximum atomic E-state index is 11.9. The van der Waals surface area contributed by atoms with Crippen LogP contribution in [0.25, 0.3) is 0 Å². The van der Waals surface area contributed by atoms with Crippen molar-refractivity contribution >= 4 is 11.8 Å². The number of ether oxygens (including phenoxy) is 1. The van der Waals surface area contributed by atoms with Gasteiger partial charge in [0.05, 0.1) is 0 Å². The van der Waals surface area contributed by atoms with Crippen LogP contribution in [-0.2, 0) is 14.3 Å². The van der Waals surface area contributed by atoms with Gasteiger partial charge in [-0.3, -0.25) is 4.79 Å². The van der Waals surface area contributed by atoms with Crippen LogP contribution in [0.5, 0.6) is 0 Å². The van der Waals surface area contributed by atoms with Crippen LogP contribution >= 0.6 is 0 Å². The quantitative estimate of drug-likeness (QED) is 0.376. The molecular formula is C15H20O3. The van der Waals surface area contributed by atoms with Crippen LogP contribution in [0.15, 0.2) is 23.8 Å². The Kier molecular flexibility index (Phi) is 3.69. The summed E-state index contributed by atoms with van der Waals surface area (Å²) in [7, 11) is 0. The predicted molar refractivity (Wildman–Crippen MR) is 68.9 cm³/mol. The van der Waals surface area contributed by atoms with Crippen LogP contribution in [-0.4, -0.2) is 17.9 Å². The van der Waals surface area contributed by atoms with Gasteiger partial charge in [0.15, 0.2) is 0 Å². The van der Waals surface area contributed by atoms with E-state index in [4.69, 9.17) is 4.74 Å². The summed E-state index contributed by atoms with van der Waals surface area (Å²) < 4.78 is 5.35. The Morgan fingerprint density at radius 2 is 2.11 bits per heavy atom. The highest BCUT2D eigenvalue weighted by molar-refractivity contribution is 5.91. The lowest BCUT2D eigenvalue weighted by atomic mass is 9.83. The average molecular weight is 248 g/mol. The van der Waals surface area contributed by atoms with Crippen molar-refractivity contribution in [1.29, 1.82) is 0 Å². The Balaban J connectivity index is 2.22. The molecule has 0 saturated carbocycles. The van der Waals surface area contributed by atoms with Crippen LogP contribution in [0.1, 0.15) is 39.5 Å². The molecule has 0 N–H and O–H groups in total. The molecular weight excluding hydrogens is 228 g/mol. The molecule has 0 amide bonds. The second-order valence-electron chi connectivity index (χ2n) is 5.47. The lowest BCUT2D eigenvalue weighted by Crippen LogP contribution is -2.24. The molecule has 0 aromatic heterocycles. The zero-order valence-electron chi connectivity index (χ0n) is 11.1. The highest BCUT2D eigenvalue weighted by Gasteiger charge is 2.39. The topological polar surface area (TPSA) is 43.4 Å². The van der Waals surface area contributed by atoms with E-state index in [0.717, 1.165) is 12.8 Å². The van der Waals surface area contributed by atoms with Gasteiger partial charge in [0.1, 0.15) is 11.9 Å². The number of esters is 1. The van der Waals surface area contributed by atoms with E-state index >= 15 is 0 Å². The molecule has 3 unspecified atom stereocenters. The van der Waals surface area contributed by atoms with Gasteiger partial charge in [0, 0.05) is 23.8 Å². The fourth-order valence-corrected chi connectivity index (χ4v) is 2.68. The number of Topliss-reactive ketones (excluding diaryl/α,β-unsaturated/α-hetero) is 1. The highest BCUT2D eigenvalue weighted by atomic mass is 16.6. The van der Waals surface area contributed by atoms with Crippen LogP contribution in [0.3, 0.4) is 0 Å². The summed E-state index contributed by atoms with van der Waals surface area (Å²) in [6.45, 7) is 7.79. The first kappa shape index (κ1) is 13.1. The van der Waals surface area contributed by atoms with E-state index in [2.05, 4.69) is 6.58 Å². The first-order valence-electron chi connectivity index (χ1n) is 6.57. The number of rotatable bonds is 0. The Morgan fingerprint density at radius 1 is 1.39 bits per heavy atom. The standard InChI is InChI=1S/C15H20O3/c1-9-4-6-12-11(3)15(17)18-14(12)8-10(2)13(16)7-5-9/h5,10,12,14H,3-4,6-8H2,1-2H3/b9-5-. The van der Waals surface area contributed by atoms with Crippen molar-refractivity contribution in [1.82, 2.24) is 0 Å². The average Bonchev–Trinajstić information content (AvgIpc) is 2.59. The van der Waals surface area contributed by atoms with E-state index < -0.39 is 0 Å². The molecule has 0 aromatic carbocycles. The maximum Gasteiger partial charge on any atom is 0.334 e. The van der Waals surface area contributed by atoms with Crippen LogP contribution in [0, 0.1) is 11.8 Å². The molecule has 0 spiro atoms. The molecule has 0 bridgehead atoms. The SMILES string of the molecule is C=C1C(=O)OC2CC(C)C(=O)C/C=C(/C)CCC12. The summed E-state index contributed by atoms with van der Waals surface area (Å²) in [5.41, 5.74) is 1.79. The van der Waals surface area contributed by atoms with E-state index in [1.165, 1.54) is 5.57 Å². The van der Waals surface area contributed by atoms with E-state index in [9.17, 15) is 9.59 Å². The first-order chi connectivity index (χ1) is 8.49. The van der Waals surface area contributed by atoms with Crippen molar-refractivity contribution in [2.45, 2.75) is 45.6 Å². The minimum Gasteiger partial charge on any atom is -0.458 e. The van der Waals surface area contributed by atoms with Gasteiger partial charge in [-0.05, 0) is 26.2 Å². The molecule has 2 aliphatic rings. The van der Waals surface area contributed by atoms with E-state index in [0.29, 0.717) is 18.4 Å². The van der Waals surface area contributed by atoms with Crippen molar-refractivity contribution in [3.8, 4) is 0 Å². The zero-order valence-corrected chi connectivity index (χ0v) is 11.1. The lowest BCUT2D eigenvalue weighted by molar-refractivity contribution is -0.140. The number of fused-ring (bicyclic) bond motifs is 1. The number of carbonyl (C=O) groups is 2. The highest BCUT2D eigenvalue weighted by Crippen LogP contribution is 2.35. The minimum absolute atomic E-state index is 0.0571. The van der Waals surface area contributed by atoms with Gasteiger partial charge in [-0.15, -0.1) is 0 Å². The molecule has 0 radical (unpaired) electrons. The van der Waals surface area contributed by atoms with E-state index in [-0.39, 0.29) is 29.7 Å². The zero-order chi connectivity index (χ0) is 13.3. The Hall–Kier alpha value is -1.38. The largest absolute Gasteiger partial charge is 0.458 e. The van der Waals surface area contributed by atoms with Gasteiger partial charge in [-0.2, -0.15) is 0 Å². The van der Waals surface area contributed by atoms with Crippen molar-refractivity contribution in [3.05, 3.63) is 23.8 Å². The molecule has 1 aliphatic carbocycles. The van der Waals surface area contributed by atoms with E-state index in [1.54, 1.807) is 0 Å². The summed E-state index contributed by atoms with van der Waals surface area (Å²) in [5.74, 6) is -0.0401. The van der Waals surface area contributed by atoms with Gasteiger partial charge in [0.2, 0.25) is 0 Å². The van der Waals surface area contributed by atoms with Crippen LogP contribution in [0.4, 0.5) is 0 Å². The maximum absolute atomic E-state index is 11.9. The van der Waals surface area contributed by atoms with Gasteiger partial charge >= 0.3 is 5.97 Å². The first-order valence-corrected chi connectivity index (χ1v) is 6.57. The van der Waals surface area contributed by atoms with E-state index in [1.807, 2.05) is 19.9 Å². The third-order valence-corrected chi connectivity index (χ3v) is 4.05. The lowest BCUT2D eigenvalue weighted by Gasteiger charge is -2.22. The van der Waals surface area contributed by atoms with Gasteiger partial charge < -0.3 is 4.74 Å². The van der Waals surface area contributed by atoms with Gasteiger partial charge in [-0.25, -0.2) is 4.79 Å². The van der Waals surface area contributed by atoms with Gasteiger partial charge in [-0.1, -0.05) is 25.2 Å². The molecule has 1 heterocycles. The van der Waals surface area contributed by atoms with Crippen LogP contribution < -0.4 is 0 Å². The molecule has 2 rings (SSSR count). The fourth-order valence-electron chi connectivity index (χ4n) is 2.68. The minimum atomic E-state index is -0.287. The third kappa shape index (κ3) is 2.55. The fraction of sp³-hybridized carbons (Fsp3) is 0.600. The summed E-state index contributed by atoms with van der Waals surface area (Å²) in [5, 5.41) is 0. The summed E-state index contributed by atoms with van der Waals surface area (Å²) >= 11 is 0. The number of carbonyl (C=O) groups excluding carboxylic acids is 2. The summed E-state index contributed by atoms with van der Waals surface area (Å²) in [4.78, 5) is 23.5. The molecule has 0 aromatic rings. The third-order valence-electron chi connectivity index (χ3n) is 4.05. The molecule has 3 nitrogen and oxygen atoms in total. The van der Waals surface area contributed by atoms with Crippen molar-refractivity contribution in [3.63, 3.8) is 0 Å². The summed E-state index contributed by atoms with van der Waals surface area (Å²) in [6.07, 6.45) is 4.77.